The lowest BCUT2D eigenvalue weighted by Gasteiger charge is -2.32. The molecule has 0 atom stereocenters. The van der Waals surface area contributed by atoms with Crippen molar-refractivity contribution in [2.24, 2.45) is 4.99 Å². The van der Waals surface area contributed by atoms with Gasteiger partial charge in [-0.15, -0.1) is 10.2 Å². The van der Waals surface area contributed by atoms with E-state index in [0.29, 0.717) is 0 Å². The molecule has 0 aliphatic carbocycles. The second kappa shape index (κ2) is 8.38. The molecule has 1 aromatic carbocycles. The average molecular weight is 394 g/mol. The Morgan fingerprint density at radius 1 is 1.14 bits per heavy atom. The third-order valence-electron chi connectivity index (χ3n) is 5.25. The predicted octanol–water partition coefficient (Wildman–Crippen LogP) is 1.92. The molecule has 0 unspecified atom stereocenters. The Balaban J connectivity index is 1.41. The molecule has 0 radical (unpaired) electrons. The van der Waals surface area contributed by atoms with Crippen LogP contribution in [0.15, 0.2) is 41.5 Å². The molecule has 3 aromatic rings. The highest BCUT2D eigenvalue weighted by Gasteiger charge is 2.21. The van der Waals surface area contributed by atoms with E-state index >= 15 is 0 Å². The van der Waals surface area contributed by atoms with Crippen molar-refractivity contribution >= 4 is 11.6 Å². The monoisotopic (exact) mass is 394 g/mol. The summed E-state index contributed by atoms with van der Waals surface area (Å²) in [5.41, 5.74) is 3.40. The van der Waals surface area contributed by atoms with E-state index in [1.807, 2.05) is 35.8 Å². The second-order valence-corrected chi connectivity index (χ2v) is 6.92. The van der Waals surface area contributed by atoms with Crippen molar-refractivity contribution < 1.29 is 9.47 Å². The molecule has 8 nitrogen and oxygen atoms in total. The summed E-state index contributed by atoms with van der Waals surface area (Å²) in [6.07, 6.45) is 3.69. The van der Waals surface area contributed by atoms with Crippen LogP contribution in [0.3, 0.4) is 0 Å². The minimum atomic E-state index is 0.734. The Morgan fingerprint density at radius 2 is 1.93 bits per heavy atom. The van der Waals surface area contributed by atoms with E-state index in [9.17, 15) is 0 Å². The van der Waals surface area contributed by atoms with Gasteiger partial charge in [0.05, 0.1) is 14.2 Å². The maximum Gasteiger partial charge on any atom is 0.193 e. The molecule has 1 aliphatic rings. The number of rotatable bonds is 5. The Morgan fingerprint density at radius 3 is 2.69 bits per heavy atom. The molecule has 4 rings (SSSR count). The van der Waals surface area contributed by atoms with Crippen molar-refractivity contribution in [2.75, 3.05) is 34.4 Å². The first kappa shape index (κ1) is 19.0. The van der Waals surface area contributed by atoms with Gasteiger partial charge in [0.1, 0.15) is 5.82 Å². The summed E-state index contributed by atoms with van der Waals surface area (Å²) >= 11 is 0. The SMILES string of the molecule is CN=C(NCCc1nnc2ccccn12)N1CCc2cc(OC)c(OC)cc2C1. The maximum atomic E-state index is 5.46. The third kappa shape index (κ3) is 3.83. The number of aliphatic imine (C=N–C) groups is 1. The number of hydrogen-bond acceptors (Lipinski definition) is 5. The van der Waals surface area contributed by atoms with E-state index in [1.165, 1.54) is 11.1 Å². The summed E-state index contributed by atoms with van der Waals surface area (Å²) < 4.78 is 12.9. The zero-order chi connectivity index (χ0) is 20.2. The van der Waals surface area contributed by atoms with Crippen LogP contribution in [-0.4, -0.2) is 59.8 Å². The minimum absolute atomic E-state index is 0.734. The number of benzene rings is 1. The molecule has 0 spiro atoms. The van der Waals surface area contributed by atoms with Crippen molar-refractivity contribution in [2.45, 2.75) is 19.4 Å². The van der Waals surface area contributed by atoms with Crippen molar-refractivity contribution in [3.63, 3.8) is 0 Å². The van der Waals surface area contributed by atoms with E-state index < -0.39 is 0 Å². The van der Waals surface area contributed by atoms with Gasteiger partial charge in [-0.2, -0.15) is 0 Å². The Hall–Kier alpha value is -3.29. The van der Waals surface area contributed by atoms with Crippen LogP contribution in [0.1, 0.15) is 17.0 Å². The Kier molecular flexibility index (Phi) is 5.50. The Labute approximate surface area is 170 Å². The van der Waals surface area contributed by atoms with E-state index in [4.69, 9.17) is 9.47 Å². The van der Waals surface area contributed by atoms with Crippen LogP contribution in [0.4, 0.5) is 0 Å². The predicted molar refractivity (Wildman–Crippen MR) is 112 cm³/mol. The number of methoxy groups -OCH3 is 2. The van der Waals surface area contributed by atoms with Crippen LogP contribution in [0.5, 0.6) is 11.5 Å². The standard InChI is InChI=1S/C21H26N6O2/c1-22-21(23-9-7-20-25-24-19-6-4-5-10-27(19)20)26-11-8-15-12-17(28-2)18(29-3)13-16(15)14-26/h4-6,10,12-13H,7-9,11,14H2,1-3H3,(H,22,23). The van der Waals surface area contributed by atoms with Crippen molar-refractivity contribution in [3.05, 3.63) is 53.5 Å². The lowest BCUT2D eigenvalue weighted by atomic mass is 9.99. The normalized spacial score (nSPS) is 14.0. The number of nitrogens with one attached hydrogen (secondary N) is 1. The van der Waals surface area contributed by atoms with E-state index in [1.54, 1.807) is 14.2 Å². The summed E-state index contributed by atoms with van der Waals surface area (Å²) in [5.74, 6) is 3.36. The largest absolute Gasteiger partial charge is 0.493 e. The molecular weight excluding hydrogens is 368 g/mol. The summed E-state index contributed by atoms with van der Waals surface area (Å²) in [7, 11) is 5.15. The fourth-order valence-electron chi connectivity index (χ4n) is 3.74. The number of aromatic nitrogens is 3. The first-order valence-electron chi connectivity index (χ1n) is 9.71. The van der Waals surface area contributed by atoms with Gasteiger partial charge in [-0.25, -0.2) is 0 Å². The van der Waals surface area contributed by atoms with Crippen LogP contribution in [0.25, 0.3) is 5.65 Å². The zero-order valence-corrected chi connectivity index (χ0v) is 17.1. The van der Waals surface area contributed by atoms with Crippen LogP contribution >= 0.6 is 0 Å². The number of nitrogens with zero attached hydrogens (tertiary/aromatic N) is 5. The fraction of sp³-hybridized carbons (Fsp3) is 0.381. The van der Waals surface area contributed by atoms with Gasteiger partial charge in [0.2, 0.25) is 0 Å². The van der Waals surface area contributed by atoms with E-state index in [-0.39, 0.29) is 0 Å². The van der Waals surface area contributed by atoms with Crippen LogP contribution < -0.4 is 14.8 Å². The smallest absolute Gasteiger partial charge is 0.193 e. The fourth-order valence-corrected chi connectivity index (χ4v) is 3.74. The van der Waals surface area contributed by atoms with Gasteiger partial charge < -0.3 is 19.7 Å². The van der Waals surface area contributed by atoms with E-state index in [2.05, 4.69) is 37.5 Å². The van der Waals surface area contributed by atoms with Gasteiger partial charge in [-0.1, -0.05) is 6.07 Å². The number of fused-ring (bicyclic) bond motifs is 2. The van der Waals surface area contributed by atoms with Crippen molar-refractivity contribution in [1.82, 2.24) is 24.8 Å². The van der Waals surface area contributed by atoms with Gasteiger partial charge in [0.25, 0.3) is 0 Å². The van der Waals surface area contributed by atoms with Crippen molar-refractivity contribution in [1.29, 1.82) is 0 Å². The highest BCUT2D eigenvalue weighted by molar-refractivity contribution is 5.80. The zero-order valence-electron chi connectivity index (χ0n) is 17.1. The van der Waals surface area contributed by atoms with Crippen LogP contribution in [0.2, 0.25) is 0 Å². The molecule has 1 N–H and O–H groups in total. The van der Waals surface area contributed by atoms with Gasteiger partial charge in [-0.05, 0) is 41.8 Å². The Bertz CT molecular complexity index is 1030. The average Bonchev–Trinajstić information content (AvgIpc) is 3.18. The highest BCUT2D eigenvalue weighted by atomic mass is 16.5. The molecule has 1 aliphatic heterocycles. The van der Waals surface area contributed by atoms with Crippen LogP contribution in [0, 0.1) is 0 Å². The van der Waals surface area contributed by atoms with E-state index in [0.717, 1.165) is 61.4 Å². The molecule has 0 bridgehead atoms. The molecule has 0 saturated heterocycles. The van der Waals surface area contributed by atoms with Crippen LogP contribution in [-0.2, 0) is 19.4 Å². The summed E-state index contributed by atoms with van der Waals surface area (Å²) in [4.78, 5) is 6.73. The molecular formula is C21H26N6O2. The van der Waals surface area contributed by atoms with Gasteiger partial charge in [-0.3, -0.25) is 9.39 Å². The lowest BCUT2D eigenvalue weighted by molar-refractivity contribution is 0.346. The number of guanidine groups is 1. The number of ether oxygens (including phenoxy) is 2. The topological polar surface area (TPSA) is 76.3 Å². The maximum absolute atomic E-state index is 5.46. The molecule has 0 amide bonds. The molecule has 29 heavy (non-hydrogen) atoms. The number of hydrogen-bond donors (Lipinski definition) is 1. The first-order chi connectivity index (χ1) is 14.2. The quantitative estimate of drug-likeness (QED) is 0.526. The molecule has 8 heteroatoms. The second-order valence-electron chi connectivity index (χ2n) is 6.92. The molecule has 3 heterocycles. The highest BCUT2D eigenvalue weighted by Crippen LogP contribution is 2.33. The molecule has 2 aromatic heterocycles. The summed E-state index contributed by atoms with van der Waals surface area (Å²) in [6.45, 7) is 2.41. The molecule has 0 saturated carbocycles. The van der Waals surface area contributed by atoms with Gasteiger partial charge in [0, 0.05) is 39.3 Å². The van der Waals surface area contributed by atoms with Gasteiger partial charge in [0.15, 0.2) is 23.1 Å². The third-order valence-corrected chi connectivity index (χ3v) is 5.25. The molecule has 0 fully saturated rings. The lowest BCUT2D eigenvalue weighted by Crippen LogP contribution is -2.44. The first-order valence-corrected chi connectivity index (χ1v) is 9.71. The molecule has 152 valence electrons. The van der Waals surface area contributed by atoms with Gasteiger partial charge >= 0.3 is 0 Å². The minimum Gasteiger partial charge on any atom is -0.493 e. The summed E-state index contributed by atoms with van der Waals surface area (Å²) in [6, 6.07) is 10.1. The summed E-state index contributed by atoms with van der Waals surface area (Å²) in [5, 5.41) is 12.0. The van der Waals surface area contributed by atoms with Crippen molar-refractivity contribution in [3.8, 4) is 11.5 Å². The number of pyridine rings is 1.